The van der Waals surface area contributed by atoms with Gasteiger partial charge >= 0.3 is 6.98 Å². The molecule has 33 heavy (non-hydrogen) atoms. The Morgan fingerprint density at radius 2 is 0.636 bits per heavy atom. The Hall–Kier alpha value is -4.24. The van der Waals surface area contributed by atoms with Gasteiger partial charge in [0.25, 0.3) is 0 Å². The van der Waals surface area contributed by atoms with Crippen molar-refractivity contribution in [3.05, 3.63) is 115 Å². The molecule has 0 saturated heterocycles. The molecule has 3 aliphatic heterocycles. The zero-order chi connectivity index (χ0) is 21.5. The number of nitrogens with zero attached hydrogens (tertiary/aromatic N) is 2. The van der Waals surface area contributed by atoms with E-state index in [0.29, 0.717) is 0 Å². The lowest BCUT2D eigenvalue weighted by Gasteiger charge is -2.46. The van der Waals surface area contributed by atoms with Crippen LogP contribution in [-0.4, -0.2) is 6.98 Å². The largest absolute Gasteiger partial charge is 0.421 e. The average Bonchev–Trinajstić information content (AvgIpc) is 3.02. The van der Waals surface area contributed by atoms with Crippen molar-refractivity contribution in [1.82, 2.24) is 0 Å². The number of benzene rings is 5. The Morgan fingerprint density at radius 1 is 0.333 bits per heavy atom. The molecule has 0 saturated carbocycles. The van der Waals surface area contributed by atoms with Crippen LogP contribution in [0.2, 0.25) is 0 Å². The molecule has 0 spiro atoms. The minimum Gasteiger partial charge on any atom is -0.361 e. The van der Waals surface area contributed by atoms with Gasteiger partial charge in [-0.2, -0.15) is 0 Å². The maximum Gasteiger partial charge on any atom is 0.421 e. The molecule has 0 atom stereocenters. The van der Waals surface area contributed by atoms with E-state index < -0.39 is 0 Å². The first-order valence-corrected chi connectivity index (χ1v) is 11.5. The van der Waals surface area contributed by atoms with Gasteiger partial charge in [-0.1, -0.05) is 91.0 Å². The minimum absolute atomic E-state index is 0.0470. The van der Waals surface area contributed by atoms with E-state index in [4.69, 9.17) is 0 Å². The predicted octanol–water partition coefficient (Wildman–Crippen LogP) is 7.00. The second kappa shape index (κ2) is 6.17. The van der Waals surface area contributed by atoms with Crippen molar-refractivity contribution in [2.75, 3.05) is 9.62 Å². The van der Waals surface area contributed by atoms with Crippen molar-refractivity contribution in [1.29, 1.82) is 0 Å². The third kappa shape index (κ3) is 2.10. The fourth-order valence-electron chi connectivity index (χ4n) is 6.12. The second-order valence-corrected chi connectivity index (χ2v) is 8.95. The Kier molecular flexibility index (Phi) is 3.24. The summed E-state index contributed by atoms with van der Waals surface area (Å²) in [5.74, 6) is 0. The van der Waals surface area contributed by atoms with E-state index in [-0.39, 0.29) is 6.98 Å². The van der Waals surface area contributed by atoms with Crippen LogP contribution in [0, 0.1) is 0 Å². The number of para-hydroxylation sites is 4. The van der Waals surface area contributed by atoms with Crippen LogP contribution in [-0.2, 0) is 0 Å². The molecule has 0 amide bonds. The molecule has 0 unspecified atom stereocenters. The van der Waals surface area contributed by atoms with Crippen LogP contribution in [0.3, 0.4) is 0 Å². The summed E-state index contributed by atoms with van der Waals surface area (Å²) in [6, 6.07) is 42.3. The summed E-state index contributed by atoms with van der Waals surface area (Å²) in [6.07, 6.45) is 0. The van der Waals surface area contributed by atoms with Crippen LogP contribution >= 0.6 is 0 Å². The third-order valence-electron chi connectivity index (χ3n) is 7.38. The van der Waals surface area contributed by atoms with Gasteiger partial charge in [0.05, 0.1) is 0 Å². The summed E-state index contributed by atoms with van der Waals surface area (Å²) in [5, 5.41) is 0. The van der Waals surface area contributed by atoms with Gasteiger partial charge in [0.2, 0.25) is 0 Å². The lowest BCUT2D eigenvalue weighted by atomic mass is 9.53. The molecule has 3 heterocycles. The van der Waals surface area contributed by atoms with Gasteiger partial charge in [0.1, 0.15) is 0 Å². The van der Waals surface area contributed by atoms with Crippen LogP contribution in [0.5, 0.6) is 0 Å². The SMILES string of the molecule is c1ccc2c(c1)-c1ccccc1N1B3c4c(cccc4-c4ccccc41)-c1ccccc1N32. The van der Waals surface area contributed by atoms with Crippen molar-refractivity contribution in [3.8, 4) is 33.4 Å². The van der Waals surface area contributed by atoms with Gasteiger partial charge in [0.15, 0.2) is 0 Å². The van der Waals surface area contributed by atoms with Gasteiger partial charge in [-0.05, 0) is 40.9 Å². The lowest BCUT2D eigenvalue weighted by molar-refractivity contribution is 1.29. The molecule has 152 valence electrons. The number of hydrogen-bond donors (Lipinski definition) is 0. The molecule has 3 aliphatic rings. The number of rotatable bonds is 0. The molecule has 0 N–H and O–H groups in total. The maximum absolute atomic E-state index is 2.56. The highest BCUT2D eigenvalue weighted by molar-refractivity contribution is 6.86. The molecular weight excluding hydrogens is 399 g/mol. The summed E-state index contributed by atoms with van der Waals surface area (Å²) < 4.78 is 0. The van der Waals surface area contributed by atoms with Crippen molar-refractivity contribution < 1.29 is 0 Å². The van der Waals surface area contributed by atoms with Crippen molar-refractivity contribution in [2.24, 2.45) is 0 Å². The van der Waals surface area contributed by atoms with E-state index in [1.54, 1.807) is 0 Å². The van der Waals surface area contributed by atoms with Crippen molar-refractivity contribution >= 4 is 35.2 Å². The fraction of sp³-hybridized carbons (Fsp3) is 0. The molecule has 2 nitrogen and oxygen atoms in total. The van der Waals surface area contributed by atoms with Gasteiger partial charge in [0, 0.05) is 45.0 Å². The molecule has 0 radical (unpaired) electrons. The highest BCUT2D eigenvalue weighted by atomic mass is 15.3. The topological polar surface area (TPSA) is 6.48 Å². The Morgan fingerprint density at radius 3 is 1.03 bits per heavy atom. The highest BCUT2D eigenvalue weighted by Gasteiger charge is 2.48. The zero-order valence-corrected chi connectivity index (χ0v) is 17.9. The quantitative estimate of drug-likeness (QED) is 0.250. The Balaban J connectivity index is 1.61. The fourth-order valence-corrected chi connectivity index (χ4v) is 6.12. The van der Waals surface area contributed by atoms with E-state index in [1.165, 1.54) is 61.6 Å². The summed E-state index contributed by atoms with van der Waals surface area (Å²) in [5.41, 5.74) is 14.2. The standard InChI is InChI=1S/C30H19BN2/c1-5-16-26-20(10-1)21-11-2-6-17-27(21)33-29-19-8-4-13-23(29)25-15-9-14-24-22-12-3-7-18-28(22)32(26)31(33)30(24)25/h1-19H. The molecule has 0 bridgehead atoms. The van der Waals surface area contributed by atoms with Gasteiger partial charge in [-0.3, -0.25) is 0 Å². The first kappa shape index (κ1) is 17.3. The lowest BCUT2D eigenvalue weighted by Crippen LogP contribution is -2.61. The molecule has 0 aliphatic carbocycles. The highest BCUT2D eigenvalue weighted by Crippen LogP contribution is 2.53. The van der Waals surface area contributed by atoms with Crippen LogP contribution < -0.4 is 15.1 Å². The van der Waals surface area contributed by atoms with Crippen molar-refractivity contribution in [2.45, 2.75) is 0 Å². The maximum atomic E-state index is 2.56. The number of anilines is 4. The average molecular weight is 418 g/mol. The van der Waals surface area contributed by atoms with Gasteiger partial charge in [-0.25, -0.2) is 0 Å². The second-order valence-electron chi connectivity index (χ2n) is 8.95. The summed E-state index contributed by atoms with van der Waals surface area (Å²) in [7, 11) is 0. The molecule has 8 rings (SSSR count). The normalized spacial score (nSPS) is 13.9. The predicted molar refractivity (Wildman–Crippen MR) is 139 cm³/mol. The first-order valence-electron chi connectivity index (χ1n) is 11.5. The monoisotopic (exact) mass is 418 g/mol. The Labute approximate surface area is 193 Å². The molecule has 0 fully saturated rings. The summed E-state index contributed by atoms with van der Waals surface area (Å²) in [6.45, 7) is 0.0470. The third-order valence-corrected chi connectivity index (χ3v) is 7.38. The molecule has 3 heteroatoms. The van der Waals surface area contributed by atoms with Crippen LogP contribution in [0.15, 0.2) is 115 Å². The number of fused-ring (bicyclic) bond motifs is 11. The van der Waals surface area contributed by atoms with Crippen molar-refractivity contribution in [3.63, 3.8) is 0 Å². The van der Waals surface area contributed by atoms with Crippen LogP contribution in [0.4, 0.5) is 22.7 Å². The van der Waals surface area contributed by atoms with E-state index in [9.17, 15) is 0 Å². The number of hydrogen-bond acceptors (Lipinski definition) is 2. The molecule has 5 aromatic carbocycles. The zero-order valence-electron chi connectivity index (χ0n) is 17.9. The smallest absolute Gasteiger partial charge is 0.361 e. The van der Waals surface area contributed by atoms with E-state index in [0.717, 1.165) is 0 Å². The molecule has 5 aromatic rings. The van der Waals surface area contributed by atoms with Crippen LogP contribution in [0.1, 0.15) is 0 Å². The Bertz CT molecular complexity index is 1490. The summed E-state index contributed by atoms with van der Waals surface area (Å²) >= 11 is 0. The van der Waals surface area contributed by atoms with Crippen LogP contribution in [0.25, 0.3) is 33.4 Å². The van der Waals surface area contributed by atoms with Gasteiger partial charge < -0.3 is 9.62 Å². The summed E-state index contributed by atoms with van der Waals surface area (Å²) in [4.78, 5) is 5.12. The molecular formula is C30H19BN2. The van der Waals surface area contributed by atoms with E-state index in [2.05, 4.69) is 125 Å². The van der Waals surface area contributed by atoms with E-state index >= 15 is 0 Å². The van der Waals surface area contributed by atoms with E-state index in [1.807, 2.05) is 0 Å². The minimum atomic E-state index is 0.0470. The van der Waals surface area contributed by atoms with Gasteiger partial charge in [-0.15, -0.1) is 0 Å². The first-order chi connectivity index (χ1) is 16.4. The molecule has 0 aromatic heterocycles.